The van der Waals surface area contributed by atoms with E-state index in [0.29, 0.717) is 33.4 Å². The Kier molecular flexibility index (Phi) is 4.36. The van der Waals surface area contributed by atoms with E-state index in [0.717, 1.165) is 10.0 Å². The van der Waals surface area contributed by atoms with Gasteiger partial charge in [-0.05, 0) is 24.3 Å². The minimum absolute atomic E-state index is 0.0290. The van der Waals surface area contributed by atoms with E-state index in [4.69, 9.17) is 9.15 Å². The Labute approximate surface area is 144 Å². The molecule has 1 aromatic heterocycles. The summed E-state index contributed by atoms with van der Waals surface area (Å²) in [6.07, 6.45) is 0. The maximum atomic E-state index is 12.7. The second kappa shape index (κ2) is 6.26. The Balaban J connectivity index is 2.32. The highest BCUT2D eigenvalue weighted by Gasteiger charge is 2.15. The van der Waals surface area contributed by atoms with Gasteiger partial charge in [0.15, 0.2) is 5.43 Å². The molecule has 0 bridgehead atoms. The summed E-state index contributed by atoms with van der Waals surface area (Å²) < 4.78 is 12.2. The molecule has 3 rings (SSSR count). The van der Waals surface area contributed by atoms with Crippen molar-refractivity contribution >= 4 is 42.8 Å². The van der Waals surface area contributed by atoms with E-state index >= 15 is 0 Å². The van der Waals surface area contributed by atoms with E-state index in [1.807, 2.05) is 24.3 Å². The Morgan fingerprint density at radius 1 is 1.14 bits per heavy atom. The molecular formula is C17H12Br2O3. The van der Waals surface area contributed by atoms with Crippen molar-refractivity contribution in [1.82, 2.24) is 0 Å². The number of ether oxygens (including phenoxy) is 1. The van der Waals surface area contributed by atoms with Gasteiger partial charge in [-0.3, -0.25) is 4.79 Å². The topological polar surface area (TPSA) is 39.4 Å². The predicted octanol–water partition coefficient (Wildman–Crippen LogP) is 5.13. The van der Waals surface area contributed by atoms with Gasteiger partial charge < -0.3 is 9.15 Å². The average molecular weight is 424 g/mol. The lowest BCUT2D eigenvalue weighted by Gasteiger charge is -2.09. The minimum atomic E-state index is -0.0290. The Morgan fingerprint density at radius 2 is 1.86 bits per heavy atom. The number of benzene rings is 2. The average Bonchev–Trinajstić information content (AvgIpc) is 2.55. The molecule has 3 nitrogen and oxygen atoms in total. The van der Waals surface area contributed by atoms with Crippen LogP contribution in [0.3, 0.4) is 0 Å². The summed E-state index contributed by atoms with van der Waals surface area (Å²) in [4.78, 5) is 12.7. The van der Waals surface area contributed by atoms with Crippen molar-refractivity contribution in [3.05, 3.63) is 62.7 Å². The van der Waals surface area contributed by atoms with Crippen LogP contribution in [-0.4, -0.2) is 7.11 Å². The van der Waals surface area contributed by atoms with Gasteiger partial charge in [-0.15, -0.1) is 0 Å². The van der Waals surface area contributed by atoms with Gasteiger partial charge in [0.05, 0.1) is 18.1 Å². The largest absolute Gasteiger partial charge is 0.497 e. The van der Waals surface area contributed by atoms with Crippen LogP contribution in [0.2, 0.25) is 0 Å². The first-order valence-electron chi connectivity index (χ1n) is 6.59. The molecular weight excluding hydrogens is 412 g/mol. The molecule has 22 heavy (non-hydrogen) atoms. The molecule has 0 atom stereocenters. The van der Waals surface area contributed by atoms with Crippen LogP contribution in [0.15, 0.2) is 56.1 Å². The van der Waals surface area contributed by atoms with E-state index in [1.54, 1.807) is 25.3 Å². The van der Waals surface area contributed by atoms with Gasteiger partial charge in [-0.1, -0.05) is 44.0 Å². The fraction of sp³-hybridized carbons (Fsp3) is 0.118. The molecule has 0 spiro atoms. The Bertz CT molecular complexity index is 883. The van der Waals surface area contributed by atoms with Crippen molar-refractivity contribution in [2.24, 2.45) is 0 Å². The first-order chi connectivity index (χ1) is 10.6. The molecule has 0 radical (unpaired) electrons. The molecule has 0 saturated heterocycles. The molecule has 1 heterocycles. The summed E-state index contributed by atoms with van der Waals surface area (Å²) in [5.74, 6) is 1.24. The summed E-state index contributed by atoms with van der Waals surface area (Å²) in [5, 5.41) is 0.985. The Hall–Kier alpha value is -1.59. The van der Waals surface area contributed by atoms with Crippen molar-refractivity contribution < 1.29 is 9.15 Å². The van der Waals surface area contributed by atoms with Crippen LogP contribution in [0.25, 0.3) is 22.3 Å². The van der Waals surface area contributed by atoms with E-state index in [9.17, 15) is 4.79 Å². The van der Waals surface area contributed by atoms with Crippen LogP contribution in [0.5, 0.6) is 5.75 Å². The number of fused-ring (bicyclic) bond motifs is 1. The van der Waals surface area contributed by atoms with E-state index in [1.165, 1.54) is 0 Å². The van der Waals surface area contributed by atoms with Gasteiger partial charge >= 0.3 is 0 Å². The summed E-state index contributed by atoms with van der Waals surface area (Å²) >= 11 is 6.80. The summed E-state index contributed by atoms with van der Waals surface area (Å²) in [5.41, 5.74) is 1.96. The van der Waals surface area contributed by atoms with E-state index in [2.05, 4.69) is 31.9 Å². The van der Waals surface area contributed by atoms with Crippen molar-refractivity contribution in [1.29, 1.82) is 0 Å². The van der Waals surface area contributed by atoms with E-state index in [-0.39, 0.29) is 5.43 Å². The van der Waals surface area contributed by atoms with Crippen LogP contribution >= 0.6 is 31.9 Å². The Morgan fingerprint density at radius 3 is 2.50 bits per heavy atom. The number of halogens is 2. The lowest BCUT2D eigenvalue weighted by molar-refractivity contribution is 0.414. The van der Waals surface area contributed by atoms with Gasteiger partial charge in [0.1, 0.15) is 17.1 Å². The number of rotatable bonds is 3. The molecule has 0 aliphatic carbocycles. The van der Waals surface area contributed by atoms with Gasteiger partial charge in [0, 0.05) is 21.4 Å². The van der Waals surface area contributed by atoms with Crippen molar-refractivity contribution in [3.8, 4) is 17.1 Å². The van der Waals surface area contributed by atoms with Gasteiger partial charge in [-0.2, -0.15) is 0 Å². The molecule has 3 aromatic rings. The SMILES string of the molecule is COc1ccc2c(=O)c(CBr)c(-c3ccc(Br)cc3)oc2c1. The third kappa shape index (κ3) is 2.71. The lowest BCUT2D eigenvalue weighted by Crippen LogP contribution is -2.09. The first kappa shape index (κ1) is 15.3. The number of alkyl halides is 1. The molecule has 0 unspecified atom stereocenters. The zero-order chi connectivity index (χ0) is 15.7. The zero-order valence-electron chi connectivity index (χ0n) is 11.7. The second-order valence-electron chi connectivity index (χ2n) is 4.74. The van der Waals surface area contributed by atoms with Gasteiger partial charge in [0.25, 0.3) is 0 Å². The highest BCUT2D eigenvalue weighted by atomic mass is 79.9. The zero-order valence-corrected chi connectivity index (χ0v) is 14.9. The molecule has 5 heteroatoms. The van der Waals surface area contributed by atoms with E-state index < -0.39 is 0 Å². The second-order valence-corrected chi connectivity index (χ2v) is 6.22. The number of hydrogen-bond donors (Lipinski definition) is 0. The minimum Gasteiger partial charge on any atom is -0.497 e. The third-order valence-corrected chi connectivity index (χ3v) is 4.52. The molecule has 0 saturated carbocycles. The highest BCUT2D eigenvalue weighted by Crippen LogP contribution is 2.29. The van der Waals surface area contributed by atoms with Crippen LogP contribution < -0.4 is 10.2 Å². The molecule has 0 fully saturated rings. The van der Waals surface area contributed by atoms with Gasteiger partial charge in [-0.25, -0.2) is 0 Å². The normalized spacial score (nSPS) is 10.9. The predicted molar refractivity (Wildman–Crippen MR) is 94.8 cm³/mol. The molecule has 2 aromatic carbocycles. The van der Waals surface area contributed by atoms with Crippen LogP contribution in [-0.2, 0) is 5.33 Å². The fourth-order valence-electron chi connectivity index (χ4n) is 2.29. The standard InChI is InChI=1S/C17H12Br2O3/c1-21-12-6-7-13-15(8-12)22-17(14(9-18)16(13)20)10-2-4-11(19)5-3-10/h2-8H,9H2,1H3. The summed E-state index contributed by atoms with van der Waals surface area (Å²) in [6, 6.07) is 12.9. The van der Waals surface area contributed by atoms with Crippen molar-refractivity contribution in [2.45, 2.75) is 5.33 Å². The van der Waals surface area contributed by atoms with Crippen LogP contribution in [0, 0.1) is 0 Å². The fourth-order valence-corrected chi connectivity index (χ4v) is 3.07. The van der Waals surface area contributed by atoms with Crippen molar-refractivity contribution in [3.63, 3.8) is 0 Å². The first-order valence-corrected chi connectivity index (χ1v) is 8.51. The summed E-state index contributed by atoms with van der Waals surface area (Å²) in [7, 11) is 1.59. The maximum Gasteiger partial charge on any atom is 0.197 e. The maximum absolute atomic E-state index is 12.7. The molecule has 0 amide bonds. The quantitative estimate of drug-likeness (QED) is 0.548. The third-order valence-electron chi connectivity index (χ3n) is 3.43. The van der Waals surface area contributed by atoms with Crippen LogP contribution in [0.1, 0.15) is 5.56 Å². The van der Waals surface area contributed by atoms with Crippen molar-refractivity contribution in [2.75, 3.05) is 7.11 Å². The smallest absolute Gasteiger partial charge is 0.197 e. The highest BCUT2D eigenvalue weighted by molar-refractivity contribution is 9.10. The molecule has 0 aliphatic heterocycles. The number of methoxy groups -OCH3 is 1. The molecule has 0 aliphatic rings. The van der Waals surface area contributed by atoms with Gasteiger partial charge in [0.2, 0.25) is 0 Å². The summed E-state index contributed by atoms with van der Waals surface area (Å²) in [6.45, 7) is 0. The monoisotopic (exact) mass is 422 g/mol. The molecule has 112 valence electrons. The lowest BCUT2D eigenvalue weighted by atomic mass is 10.1. The molecule has 0 N–H and O–H groups in total. The van der Waals surface area contributed by atoms with Crippen LogP contribution in [0.4, 0.5) is 0 Å². The number of hydrogen-bond acceptors (Lipinski definition) is 3.